The summed E-state index contributed by atoms with van der Waals surface area (Å²) in [4.78, 5) is 41.5. The van der Waals surface area contributed by atoms with Crippen LogP contribution in [0, 0.1) is 6.92 Å². The van der Waals surface area contributed by atoms with E-state index < -0.39 is 6.04 Å². The molecule has 3 amide bonds. The van der Waals surface area contributed by atoms with Crippen molar-refractivity contribution in [2.75, 3.05) is 10.2 Å². The van der Waals surface area contributed by atoms with E-state index in [1.54, 1.807) is 29.2 Å². The molecule has 7 heteroatoms. The molecular formula is C28H31N3O3S. The number of hydrogen-bond acceptors (Lipinski definition) is 4. The SMILES string of the molecule is CC(=O)Nc1ccc(N(C(=O)Cc2cccs2)[C@H](C(=O)NC2CCCC2)c2ccc(C)cc2)cc1. The van der Waals surface area contributed by atoms with E-state index in [9.17, 15) is 14.4 Å². The molecule has 1 aliphatic carbocycles. The van der Waals surface area contributed by atoms with E-state index >= 15 is 0 Å². The number of hydrogen-bond donors (Lipinski definition) is 2. The summed E-state index contributed by atoms with van der Waals surface area (Å²) in [5.74, 6) is -0.505. The van der Waals surface area contributed by atoms with Gasteiger partial charge in [-0.25, -0.2) is 0 Å². The van der Waals surface area contributed by atoms with Gasteiger partial charge in [0.15, 0.2) is 0 Å². The molecule has 6 nitrogen and oxygen atoms in total. The van der Waals surface area contributed by atoms with Crippen LogP contribution in [0.3, 0.4) is 0 Å². The van der Waals surface area contributed by atoms with Gasteiger partial charge in [-0.05, 0) is 61.0 Å². The first-order valence-corrected chi connectivity index (χ1v) is 12.9. The third-order valence-corrected chi connectivity index (χ3v) is 7.12. The largest absolute Gasteiger partial charge is 0.351 e. The molecule has 0 radical (unpaired) electrons. The zero-order chi connectivity index (χ0) is 24.8. The number of carbonyl (C=O) groups is 3. The number of thiophene rings is 1. The summed E-state index contributed by atoms with van der Waals surface area (Å²) in [7, 11) is 0. The van der Waals surface area contributed by atoms with Crippen molar-refractivity contribution in [3.05, 3.63) is 82.0 Å². The van der Waals surface area contributed by atoms with Gasteiger partial charge in [0.05, 0.1) is 6.42 Å². The zero-order valence-corrected chi connectivity index (χ0v) is 20.9. The molecule has 1 aliphatic rings. The zero-order valence-electron chi connectivity index (χ0n) is 20.1. The molecule has 2 N–H and O–H groups in total. The summed E-state index contributed by atoms with van der Waals surface area (Å²) < 4.78 is 0. The summed E-state index contributed by atoms with van der Waals surface area (Å²) in [6.45, 7) is 3.45. The van der Waals surface area contributed by atoms with Crippen LogP contribution in [0.15, 0.2) is 66.0 Å². The number of anilines is 2. The Kier molecular flexibility index (Phi) is 7.98. The van der Waals surface area contributed by atoms with Gasteiger partial charge in [0.25, 0.3) is 0 Å². The Morgan fingerprint density at radius 1 is 1.00 bits per heavy atom. The monoisotopic (exact) mass is 489 g/mol. The van der Waals surface area contributed by atoms with Gasteiger partial charge >= 0.3 is 0 Å². The van der Waals surface area contributed by atoms with Crippen molar-refractivity contribution in [2.24, 2.45) is 0 Å². The summed E-state index contributed by atoms with van der Waals surface area (Å²) in [6, 6.07) is 18.0. The van der Waals surface area contributed by atoms with E-state index in [2.05, 4.69) is 10.6 Å². The van der Waals surface area contributed by atoms with Gasteiger partial charge < -0.3 is 10.6 Å². The fourth-order valence-corrected chi connectivity index (χ4v) is 5.21. The average Bonchev–Trinajstić information content (AvgIpc) is 3.53. The third-order valence-electron chi connectivity index (χ3n) is 6.24. The lowest BCUT2D eigenvalue weighted by atomic mass is 10.0. The number of aryl methyl sites for hydroxylation is 1. The highest BCUT2D eigenvalue weighted by Gasteiger charge is 2.34. The highest BCUT2D eigenvalue weighted by molar-refractivity contribution is 7.10. The minimum atomic E-state index is -0.810. The lowest BCUT2D eigenvalue weighted by Crippen LogP contribution is -2.46. The summed E-state index contributed by atoms with van der Waals surface area (Å²) in [5, 5.41) is 7.90. The third kappa shape index (κ3) is 6.36. The quantitative estimate of drug-likeness (QED) is 0.445. The molecule has 0 aliphatic heterocycles. The van der Waals surface area contributed by atoms with Crippen LogP contribution in [0.5, 0.6) is 0 Å². The van der Waals surface area contributed by atoms with Crippen molar-refractivity contribution in [1.82, 2.24) is 5.32 Å². The molecule has 35 heavy (non-hydrogen) atoms. The van der Waals surface area contributed by atoms with Crippen LogP contribution in [0.1, 0.15) is 54.7 Å². The molecule has 0 spiro atoms. The lowest BCUT2D eigenvalue weighted by molar-refractivity contribution is -0.127. The van der Waals surface area contributed by atoms with E-state index in [0.29, 0.717) is 11.4 Å². The highest BCUT2D eigenvalue weighted by atomic mass is 32.1. The van der Waals surface area contributed by atoms with Crippen LogP contribution in [0.4, 0.5) is 11.4 Å². The Hall–Kier alpha value is -3.45. The maximum absolute atomic E-state index is 13.8. The average molecular weight is 490 g/mol. The van der Waals surface area contributed by atoms with Crippen LogP contribution in [0.2, 0.25) is 0 Å². The first-order valence-electron chi connectivity index (χ1n) is 12.0. The van der Waals surface area contributed by atoms with Crippen LogP contribution < -0.4 is 15.5 Å². The smallest absolute Gasteiger partial charge is 0.248 e. The van der Waals surface area contributed by atoms with Crippen molar-refractivity contribution >= 4 is 40.4 Å². The Balaban J connectivity index is 1.74. The molecule has 1 fully saturated rings. The van der Waals surface area contributed by atoms with Gasteiger partial charge in [-0.15, -0.1) is 11.3 Å². The fraction of sp³-hybridized carbons (Fsp3) is 0.321. The first kappa shape index (κ1) is 24.7. The van der Waals surface area contributed by atoms with E-state index in [1.165, 1.54) is 18.3 Å². The van der Waals surface area contributed by atoms with E-state index in [0.717, 1.165) is 41.7 Å². The van der Waals surface area contributed by atoms with Gasteiger partial charge in [0, 0.05) is 29.2 Å². The number of rotatable bonds is 8. The minimum Gasteiger partial charge on any atom is -0.351 e. The Morgan fingerprint density at radius 3 is 2.29 bits per heavy atom. The van der Waals surface area contributed by atoms with E-state index in [4.69, 9.17) is 0 Å². The topological polar surface area (TPSA) is 78.5 Å². The molecule has 1 atom stereocenters. The number of nitrogens with one attached hydrogen (secondary N) is 2. The van der Waals surface area contributed by atoms with Crippen LogP contribution in [-0.4, -0.2) is 23.8 Å². The molecule has 0 unspecified atom stereocenters. The number of benzene rings is 2. The fourth-order valence-electron chi connectivity index (χ4n) is 4.51. The maximum atomic E-state index is 13.8. The Bertz CT molecular complexity index is 1150. The van der Waals surface area contributed by atoms with Gasteiger partial charge in [-0.3, -0.25) is 19.3 Å². The maximum Gasteiger partial charge on any atom is 0.248 e. The number of carbonyl (C=O) groups excluding carboxylic acids is 3. The Morgan fingerprint density at radius 2 is 1.69 bits per heavy atom. The van der Waals surface area contributed by atoms with Gasteiger partial charge in [-0.1, -0.05) is 48.7 Å². The second-order valence-electron chi connectivity index (χ2n) is 9.05. The second-order valence-corrected chi connectivity index (χ2v) is 10.1. The molecule has 4 rings (SSSR count). The number of amides is 3. The van der Waals surface area contributed by atoms with Crippen molar-refractivity contribution in [3.8, 4) is 0 Å². The predicted octanol–water partition coefficient (Wildman–Crippen LogP) is 5.39. The van der Waals surface area contributed by atoms with Crippen LogP contribution in [0.25, 0.3) is 0 Å². The van der Waals surface area contributed by atoms with Crippen molar-refractivity contribution in [1.29, 1.82) is 0 Å². The van der Waals surface area contributed by atoms with Crippen molar-refractivity contribution in [2.45, 2.75) is 58.0 Å². The molecule has 1 saturated carbocycles. The standard InChI is InChI=1S/C28H31N3O3S/c1-19-9-11-21(12-10-19)27(28(34)30-22-6-3-4-7-22)31(26(33)18-25-8-5-17-35-25)24-15-13-23(14-16-24)29-20(2)32/h5,8-17,22,27H,3-4,6-7,18H2,1-2H3,(H,29,32)(H,30,34)/t27-/m0/s1. The molecule has 0 bridgehead atoms. The molecule has 3 aromatic rings. The van der Waals surface area contributed by atoms with Crippen LogP contribution in [-0.2, 0) is 20.8 Å². The van der Waals surface area contributed by atoms with E-state index in [1.807, 2.05) is 48.7 Å². The summed E-state index contributed by atoms with van der Waals surface area (Å²) in [5.41, 5.74) is 3.08. The van der Waals surface area contributed by atoms with Crippen molar-refractivity contribution in [3.63, 3.8) is 0 Å². The van der Waals surface area contributed by atoms with Crippen LogP contribution >= 0.6 is 11.3 Å². The van der Waals surface area contributed by atoms with Crippen molar-refractivity contribution < 1.29 is 14.4 Å². The molecule has 2 aromatic carbocycles. The molecule has 1 aromatic heterocycles. The highest BCUT2D eigenvalue weighted by Crippen LogP contribution is 2.31. The minimum absolute atomic E-state index is 0.131. The summed E-state index contributed by atoms with van der Waals surface area (Å²) >= 11 is 1.52. The molecule has 1 heterocycles. The summed E-state index contributed by atoms with van der Waals surface area (Å²) in [6.07, 6.45) is 4.32. The molecular weight excluding hydrogens is 458 g/mol. The second kappa shape index (κ2) is 11.3. The predicted molar refractivity (Wildman–Crippen MR) is 141 cm³/mol. The van der Waals surface area contributed by atoms with Gasteiger partial charge in [-0.2, -0.15) is 0 Å². The van der Waals surface area contributed by atoms with E-state index in [-0.39, 0.29) is 30.2 Å². The van der Waals surface area contributed by atoms with Gasteiger partial charge in [0.2, 0.25) is 17.7 Å². The van der Waals surface area contributed by atoms with Gasteiger partial charge in [0.1, 0.15) is 6.04 Å². The lowest BCUT2D eigenvalue weighted by Gasteiger charge is -2.32. The number of nitrogens with zero attached hydrogens (tertiary/aromatic N) is 1. The Labute approximate surface area is 210 Å². The first-order chi connectivity index (χ1) is 16.9. The molecule has 182 valence electrons. The molecule has 0 saturated heterocycles. The normalized spacial score (nSPS) is 14.3.